The van der Waals surface area contributed by atoms with Crippen molar-refractivity contribution in [3.8, 4) is 0 Å². The highest BCUT2D eigenvalue weighted by Gasteiger charge is 2.34. The van der Waals surface area contributed by atoms with Gasteiger partial charge in [-0.05, 0) is 30.3 Å². The lowest BCUT2D eigenvalue weighted by Gasteiger charge is -2.35. The summed E-state index contributed by atoms with van der Waals surface area (Å²) in [6.45, 7) is 0. The molecule has 2 aliphatic rings. The van der Waals surface area contributed by atoms with E-state index in [2.05, 4.69) is 15.3 Å². The normalized spacial score (nSPS) is 16.8. The van der Waals surface area contributed by atoms with Gasteiger partial charge in [-0.25, -0.2) is 14.8 Å². The van der Waals surface area contributed by atoms with Gasteiger partial charge in [-0.3, -0.25) is 4.79 Å². The monoisotopic (exact) mass is 388 g/mol. The van der Waals surface area contributed by atoms with Crippen molar-refractivity contribution in [3.05, 3.63) is 71.4 Å². The Morgan fingerprint density at radius 1 is 1.17 bits per heavy atom. The lowest BCUT2D eigenvalue weighted by atomic mass is 9.99. The van der Waals surface area contributed by atoms with Crippen molar-refractivity contribution < 1.29 is 19.5 Å². The summed E-state index contributed by atoms with van der Waals surface area (Å²) in [5, 5.41) is 12.2. The summed E-state index contributed by atoms with van der Waals surface area (Å²) in [7, 11) is 0. The number of aliphatic carboxylic acids is 1. The molecule has 2 heterocycles. The molecule has 1 amide bonds. The first-order chi connectivity index (χ1) is 14.1. The van der Waals surface area contributed by atoms with Crippen molar-refractivity contribution in [1.29, 1.82) is 0 Å². The Kier molecular flexibility index (Phi) is 4.74. The van der Waals surface area contributed by atoms with E-state index in [0.717, 1.165) is 0 Å². The minimum absolute atomic E-state index is 0.0110. The standard InChI is InChI=1S/C21H16N4O4/c26-9-8-18-16(21(28)29)11-22-19-15-10-14(6-7-17(15)23-12-25(18)19)24-20(27)13-4-2-1-3-5-13/h1-7,9-12,18H,8H2,(H,24,27)(H,28,29). The molecule has 0 saturated carbocycles. The molecule has 2 N–H and O–H groups in total. The molecule has 0 fully saturated rings. The van der Waals surface area contributed by atoms with Crippen LogP contribution in [0.15, 0.2) is 70.3 Å². The molecule has 1 atom stereocenters. The molecule has 0 spiro atoms. The van der Waals surface area contributed by atoms with E-state index in [0.29, 0.717) is 34.6 Å². The SMILES string of the molecule is O=CCC1C(C(=O)O)=CN=C2c3cc(NC(=O)c4ccccc4)ccc3N=CN21. The first kappa shape index (κ1) is 18.3. The number of fused-ring (bicyclic) bond motifs is 3. The van der Waals surface area contributed by atoms with E-state index in [1.807, 2.05) is 6.07 Å². The fraction of sp³-hybridized carbons (Fsp3) is 0.0952. The summed E-state index contributed by atoms with van der Waals surface area (Å²) in [6.07, 6.45) is 3.40. The van der Waals surface area contributed by atoms with Crippen molar-refractivity contribution in [1.82, 2.24) is 4.90 Å². The van der Waals surface area contributed by atoms with E-state index in [-0.39, 0.29) is 17.9 Å². The maximum absolute atomic E-state index is 12.4. The van der Waals surface area contributed by atoms with E-state index < -0.39 is 12.0 Å². The third kappa shape index (κ3) is 3.43. The molecule has 0 radical (unpaired) electrons. The Morgan fingerprint density at radius 3 is 2.69 bits per heavy atom. The van der Waals surface area contributed by atoms with Crippen LogP contribution < -0.4 is 5.32 Å². The summed E-state index contributed by atoms with van der Waals surface area (Å²) < 4.78 is 0. The number of hydrogen-bond acceptors (Lipinski definition) is 6. The number of carbonyl (C=O) groups excluding carboxylic acids is 2. The number of anilines is 1. The van der Waals surface area contributed by atoms with Gasteiger partial charge in [0.05, 0.1) is 23.6 Å². The molecule has 2 aromatic carbocycles. The largest absolute Gasteiger partial charge is 0.478 e. The van der Waals surface area contributed by atoms with Gasteiger partial charge in [-0.15, -0.1) is 0 Å². The van der Waals surface area contributed by atoms with Gasteiger partial charge in [-0.2, -0.15) is 0 Å². The predicted molar refractivity (Wildman–Crippen MR) is 108 cm³/mol. The molecular formula is C21H16N4O4. The molecule has 2 aromatic rings. The number of carbonyl (C=O) groups is 3. The number of amidine groups is 1. The first-order valence-corrected chi connectivity index (χ1v) is 8.86. The maximum atomic E-state index is 12.4. The number of carboxylic acids is 1. The minimum atomic E-state index is -1.14. The molecule has 0 aliphatic carbocycles. The maximum Gasteiger partial charge on any atom is 0.335 e. The Labute approximate surface area is 165 Å². The van der Waals surface area contributed by atoms with Crippen LogP contribution in [0.4, 0.5) is 11.4 Å². The zero-order valence-electron chi connectivity index (χ0n) is 15.1. The molecule has 2 aliphatic heterocycles. The molecule has 4 rings (SSSR count). The highest BCUT2D eigenvalue weighted by Crippen LogP contribution is 2.32. The molecule has 0 saturated heterocycles. The highest BCUT2D eigenvalue weighted by atomic mass is 16.4. The molecule has 8 nitrogen and oxygen atoms in total. The topological polar surface area (TPSA) is 111 Å². The third-order valence-corrected chi connectivity index (χ3v) is 4.68. The number of aldehydes is 1. The Hall–Kier alpha value is -4.07. The Morgan fingerprint density at radius 2 is 1.97 bits per heavy atom. The van der Waals surface area contributed by atoms with Gasteiger partial charge in [0, 0.05) is 29.4 Å². The lowest BCUT2D eigenvalue weighted by Crippen LogP contribution is -2.46. The number of aliphatic imine (C=N–C) groups is 2. The van der Waals surface area contributed by atoms with E-state index >= 15 is 0 Å². The second-order valence-corrected chi connectivity index (χ2v) is 6.46. The van der Waals surface area contributed by atoms with Gasteiger partial charge in [0.25, 0.3) is 5.91 Å². The van der Waals surface area contributed by atoms with Gasteiger partial charge < -0.3 is 20.1 Å². The summed E-state index contributed by atoms with van der Waals surface area (Å²) in [5.41, 5.74) is 2.37. The van der Waals surface area contributed by atoms with Crippen molar-refractivity contribution in [2.24, 2.45) is 9.98 Å². The van der Waals surface area contributed by atoms with E-state index in [1.54, 1.807) is 47.4 Å². The van der Waals surface area contributed by atoms with Gasteiger partial charge in [0.15, 0.2) is 0 Å². The molecular weight excluding hydrogens is 372 g/mol. The molecule has 144 valence electrons. The number of benzene rings is 2. The minimum Gasteiger partial charge on any atom is -0.478 e. The van der Waals surface area contributed by atoms with Crippen molar-refractivity contribution in [2.75, 3.05) is 5.32 Å². The van der Waals surface area contributed by atoms with Gasteiger partial charge in [-0.1, -0.05) is 18.2 Å². The summed E-state index contributed by atoms with van der Waals surface area (Å²) in [5.74, 6) is -0.912. The van der Waals surface area contributed by atoms with Crippen LogP contribution in [0.2, 0.25) is 0 Å². The second-order valence-electron chi connectivity index (χ2n) is 6.46. The number of nitrogens with one attached hydrogen (secondary N) is 1. The highest BCUT2D eigenvalue weighted by molar-refractivity contribution is 6.14. The lowest BCUT2D eigenvalue weighted by molar-refractivity contribution is -0.133. The number of amides is 1. The van der Waals surface area contributed by atoms with E-state index in [1.165, 1.54) is 12.5 Å². The smallest absolute Gasteiger partial charge is 0.335 e. The number of nitrogens with zero attached hydrogens (tertiary/aromatic N) is 3. The molecule has 29 heavy (non-hydrogen) atoms. The van der Waals surface area contributed by atoms with Crippen LogP contribution in [-0.4, -0.2) is 46.4 Å². The average molecular weight is 388 g/mol. The van der Waals surface area contributed by atoms with Crippen LogP contribution in [0.1, 0.15) is 22.3 Å². The summed E-state index contributed by atoms with van der Waals surface area (Å²) in [4.78, 5) is 45.2. The predicted octanol–water partition coefficient (Wildman–Crippen LogP) is 2.60. The van der Waals surface area contributed by atoms with Crippen molar-refractivity contribution >= 4 is 41.7 Å². The molecule has 8 heteroatoms. The third-order valence-electron chi connectivity index (χ3n) is 4.68. The average Bonchev–Trinajstić information content (AvgIpc) is 2.74. The van der Waals surface area contributed by atoms with Crippen LogP contribution in [0.3, 0.4) is 0 Å². The fourth-order valence-corrected chi connectivity index (χ4v) is 3.28. The van der Waals surface area contributed by atoms with Gasteiger partial charge in [0.2, 0.25) is 0 Å². The van der Waals surface area contributed by atoms with E-state index in [4.69, 9.17) is 0 Å². The van der Waals surface area contributed by atoms with Crippen molar-refractivity contribution in [2.45, 2.75) is 12.5 Å². The fourth-order valence-electron chi connectivity index (χ4n) is 3.28. The second kappa shape index (κ2) is 7.51. The number of rotatable bonds is 5. The quantitative estimate of drug-likeness (QED) is 0.765. The van der Waals surface area contributed by atoms with Crippen LogP contribution in [-0.2, 0) is 9.59 Å². The molecule has 0 bridgehead atoms. The molecule has 0 aromatic heterocycles. The van der Waals surface area contributed by atoms with Gasteiger partial charge in [0.1, 0.15) is 12.1 Å². The van der Waals surface area contributed by atoms with Gasteiger partial charge >= 0.3 is 5.97 Å². The number of hydrogen-bond donors (Lipinski definition) is 2. The van der Waals surface area contributed by atoms with E-state index in [9.17, 15) is 19.5 Å². The van der Waals surface area contributed by atoms with Crippen molar-refractivity contribution in [3.63, 3.8) is 0 Å². The Balaban J connectivity index is 1.69. The number of carboxylic acid groups (broad SMARTS) is 1. The summed E-state index contributed by atoms with van der Waals surface area (Å²) in [6, 6.07) is 13.3. The van der Waals surface area contributed by atoms with Crippen LogP contribution in [0, 0.1) is 0 Å². The van der Waals surface area contributed by atoms with Crippen LogP contribution >= 0.6 is 0 Å². The first-order valence-electron chi connectivity index (χ1n) is 8.86. The Bertz CT molecular complexity index is 1090. The summed E-state index contributed by atoms with van der Waals surface area (Å²) >= 11 is 0. The van der Waals surface area contributed by atoms with Crippen LogP contribution in [0.5, 0.6) is 0 Å². The zero-order valence-corrected chi connectivity index (χ0v) is 15.1. The molecule has 1 unspecified atom stereocenters. The van der Waals surface area contributed by atoms with Crippen LogP contribution in [0.25, 0.3) is 0 Å². The zero-order chi connectivity index (χ0) is 20.4.